The Balaban J connectivity index is 2.94. The highest BCUT2D eigenvalue weighted by molar-refractivity contribution is 6.29. The summed E-state index contributed by atoms with van der Waals surface area (Å²) in [6.07, 6.45) is -0.607. The van der Waals surface area contributed by atoms with E-state index in [9.17, 15) is 14.7 Å². The lowest BCUT2D eigenvalue weighted by Crippen LogP contribution is -2.47. The number of rotatable bonds is 5. The van der Waals surface area contributed by atoms with Crippen molar-refractivity contribution < 1.29 is 19.8 Å². The smallest absolute Gasteiger partial charge is 0.328 e. The highest BCUT2D eigenvalue weighted by atomic mass is 35.5. The van der Waals surface area contributed by atoms with E-state index in [1.807, 2.05) is 6.92 Å². The van der Waals surface area contributed by atoms with E-state index in [4.69, 9.17) is 16.7 Å². The van der Waals surface area contributed by atoms with Crippen molar-refractivity contribution >= 4 is 23.5 Å². The molecule has 1 amide bonds. The molecule has 7 heteroatoms. The SMILES string of the molecule is CCc1cc(C(=O)NC(C(=O)O)C(C)O)cc(Cl)n1. The number of carbonyl (C=O) groups is 2. The van der Waals surface area contributed by atoms with Crippen molar-refractivity contribution in [2.75, 3.05) is 0 Å². The molecule has 1 rings (SSSR count). The van der Waals surface area contributed by atoms with Crippen LogP contribution in [0, 0.1) is 0 Å². The number of aryl methyl sites for hydroxylation is 1. The third kappa shape index (κ3) is 4.18. The van der Waals surface area contributed by atoms with Crippen molar-refractivity contribution in [1.29, 1.82) is 0 Å². The Morgan fingerprint density at radius 2 is 2.11 bits per heavy atom. The van der Waals surface area contributed by atoms with Crippen molar-refractivity contribution in [2.45, 2.75) is 32.4 Å². The van der Waals surface area contributed by atoms with Gasteiger partial charge in [0, 0.05) is 11.3 Å². The number of aliphatic hydroxyl groups is 1. The molecule has 0 spiro atoms. The van der Waals surface area contributed by atoms with Crippen LogP contribution in [-0.4, -0.2) is 39.2 Å². The molecule has 1 aromatic rings. The van der Waals surface area contributed by atoms with Gasteiger partial charge in [-0.1, -0.05) is 18.5 Å². The molecule has 0 aliphatic heterocycles. The van der Waals surface area contributed by atoms with Crippen LogP contribution in [0.15, 0.2) is 12.1 Å². The normalized spacial score (nSPS) is 13.7. The number of halogens is 1. The van der Waals surface area contributed by atoms with Crippen LogP contribution in [0.4, 0.5) is 0 Å². The predicted molar refractivity (Wildman–Crippen MR) is 69.2 cm³/mol. The Bertz CT molecular complexity index is 491. The predicted octanol–water partition coefficient (Wildman–Crippen LogP) is 0.861. The van der Waals surface area contributed by atoms with Crippen molar-refractivity contribution in [3.05, 3.63) is 28.5 Å². The van der Waals surface area contributed by atoms with Gasteiger partial charge in [0.25, 0.3) is 5.91 Å². The number of nitrogens with zero attached hydrogens (tertiary/aromatic N) is 1. The zero-order chi connectivity index (χ0) is 14.6. The van der Waals surface area contributed by atoms with Gasteiger partial charge in [0.2, 0.25) is 0 Å². The average molecular weight is 287 g/mol. The first-order valence-corrected chi connectivity index (χ1v) is 6.11. The second kappa shape index (κ2) is 6.49. The Kier molecular flexibility index (Phi) is 5.26. The number of carboxylic acids is 1. The average Bonchev–Trinajstić information content (AvgIpc) is 2.33. The Morgan fingerprint density at radius 3 is 2.58 bits per heavy atom. The summed E-state index contributed by atoms with van der Waals surface area (Å²) in [5, 5.41) is 20.6. The number of aromatic nitrogens is 1. The number of carbonyl (C=O) groups excluding carboxylic acids is 1. The molecular formula is C12H15ClN2O4. The standard InChI is InChI=1S/C12H15ClN2O4/c1-3-8-4-7(5-9(13)14-8)11(17)15-10(6(2)16)12(18)19/h4-6,10,16H,3H2,1-2H3,(H,15,17)(H,18,19). The van der Waals surface area contributed by atoms with Gasteiger partial charge in [-0.3, -0.25) is 4.79 Å². The molecular weight excluding hydrogens is 272 g/mol. The lowest BCUT2D eigenvalue weighted by atomic mass is 10.1. The summed E-state index contributed by atoms with van der Waals surface area (Å²) in [7, 11) is 0. The lowest BCUT2D eigenvalue weighted by Gasteiger charge is -2.17. The van der Waals surface area contributed by atoms with E-state index < -0.39 is 24.0 Å². The number of aliphatic hydroxyl groups excluding tert-OH is 1. The molecule has 0 aromatic carbocycles. The quantitative estimate of drug-likeness (QED) is 0.697. The number of amides is 1. The Morgan fingerprint density at radius 1 is 1.47 bits per heavy atom. The molecule has 2 atom stereocenters. The summed E-state index contributed by atoms with van der Waals surface area (Å²) in [6.45, 7) is 3.15. The monoisotopic (exact) mass is 286 g/mol. The van der Waals surface area contributed by atoms with E-state index in [0.717, 1.165) is 0 Å². The van der Waals surface area contributed by atoms with Gasteiger partial charge in [0.1, 0.15) is 5.15 Å². The molecule has 0 bridgehead atoms. The second-order valence-electron chi connectivity index (χ2n) is 4.05. The van der Waals surface area contributed by atoms with Crippen LogP contribution in [0.1, 0.15) is 29.9 Å². The molecule has 0 saturated carbocycles. The summed E-state index contributed by atoms with van der Waals surface area (Å²) < 4.78 is 0. The number of hydrogen-bond donors (Lipinski definition) is 3. The first kappa shape index (κ1) is 15.4. The van der Waals surface area contributed by atoms with Crippen LogP contribution >= 0.6 is 11.6 Å². The zero-order valence-corrected chi connectivity index (χ0v) is 11.3. The minimum atomic E-state index is -1.37. The molecule has 0 fully saturated rings. The minimum Gasteiger partial charge on any atom is -0.480 e. The van der Waals surface area contributed by atoms with Crippen LogP contribution in [0.2, 0.25) is 5.15 Å². The van der Waals surface area contributed by atoms with Crippen molar-refractivity contribution in [3.8, 4) is 0 Å². The summed E-state index contributed by atoms with van der Waals surface area (Å²) in [5.41, 5.74) is 0.838. The van der Waals surface area contributed by atoms with Gasteiger partial charge < -0.3 is 15.5 Å². The molecule has 0 aliphatic carbocycles. The third-order valence-corrected chi connectivity index (χ3v) is 2.70. The van der Waals surface area contributed by atoms with E-state index in [1.165, 1.54) is 19.1 Å². The van der Waals surface area contributed by atoms with Gasteiger partial charge >= 0.3 is 5.97 Å². The molecule has 104 valence electrons. The van der Waals surface area contributed by atoms with Crippen molar-refractivity contribution in [3.63, 3.8) is 0 Å². The van der Waals surface area contributed by atoms with Crippen molar-refractivity contribution in [2.24, 2.45) is 0 Å². The van der Waals surface area contributed by atoms with E-state index >= 15 is 0 Å². The fourth-order valence-electron chi connectivity index (χ4n) is 1.48. The number of nitrogens with one attached hydrogen (secondary N) is 1. The Labute approximate surface area is 115 Å². The summed E-state index contributed by atoms with van der Waals surface area (Å²) >= 11 is 5.78. The molecule has 2 unspecified atom stereocenters. The Hall–Kier alpha value is -1.66. The van der Waals surface area contributed by atoms with Crippen LogP contribution in [0.5, 0.6) is 0 Å². The fourth-order valence-corrected chi connectivity index (χ4v) is 1.70. The largest absolute Gasteiger partial charge is 0.480 e. The molecule has 0 saturated heterocycles. The maximum Gasteiger partial charge on any atom is 0.328 e. The molecule has 1 heterocycles. The van der Waals surface area contributed by atoms with Gasteiger partial charge in [-0.25, -0.2) is 9.78 Å². The third-order valence-electron chi connectivity index (χ3n) is 2.51. The molecule has 3 N–H and O–H groups in total. The maximum atomic E-state index is 11.9. The van der Waals surface area contributed by atoms with Gasteiger partial charge in [0.15, 0.2) is 6.04 Å². The van der Waals surface area contributed by atoms with E-state index in [2.05, 4.69) is 10.3 Å². The highest BCUT2D eigenvalue weighted by Crippen LogP contribution is 2.12. The van der Waals surface area contributed by atoms with Gasteiger partial charge in [-0.05, 0) is 25.5 Å². The van der Waals surface area contributed by atoms with Crippen LogP contribution < -0.4 is 5.32 Å². The summed E-state index contributed by atoms with van der Waals surface area (Å²) in [4.78, 5) is 26.8. The van der Waals surface area contributed by atoms with Gasteiger partial charge in [0.05, 0.1) is 6.10 Å². The van der Waals surface area contributed by atoms with Crippen LogP contribution in [0.3, 0.4) is 0 Å². The van der Waals surface area contributed by atoms with E-state index in [1.54, 1.807) is 0 Å². The minimum absolute atomic E-state index is 0.161. The molecule has 19 heavy (non-hydrogen) atoms. The van der Waals surface area contributed by atoms with E-state index in [0.29, 0.717) is 12.1 Å². The van der Waals surface area contributed by atoms with Crippen LogP contribution in [0.25, 0.3) is 0 Å². The number of carboxylic acid groups (broad SMARTS) is 1. The molecule has 0 aliphatic rings. The van der Waals surface area contributed by atoms with Gasteiger partial charge in [-0.2, -0.15) is 0 Å². The molecule has 0 radical (unpaired) electrons. The lowest BCUT2D eigenvalue weighted by molar-refractivity contribution is -0.141. The van der Waals surface area contributed by atoms with Gasteiger partial charge in [-0.15, -0.1) is 0 Å². The number of aliphatic carboxylic acids is 1. The molecule has 1 aromatic heterocycles. The molecule has 6 nitrogen and oxygen atoms in total. The number of hydrogen-bond acceptors (Lipinski definition) is 4. The topological polar surface area (TPSA) is 99.5 Å². The number of pyridine rings is 1. The first-order chi connectivity index (χ1) is 8.85. The first-order valence-electron chi connectivity index (χ1n) is 5.73. The van der Waals surface area contributed by atoms with Crippen LogP contribution in [-0.2, 0) is 11.2 Å². The fraction of sp³-hybridized carbons (Fsp3) is 0.417. The summed E-state index contributed by atoms with van der Waals surface area (Å²) in [6, 6.07) is 1.50. The maximum absolute atomic E-state index is 11.9. The highest BCUT2D eigenvalue weighted by Gasteiger charge is 2.25. The summed E-state index contributed by atoms with van der Waals surface area (Å²) in [5.74, 6) is -1.92. The van der Waals surface area contributed by atoms with Crippen molar-refractivity contribution in [1.82, 2.24) is 10.3 Å². The zero-order valence-electron chi connectivity index (χ0n) is 10.6. The van der Waals surface area contributed by atoms with E-state index in [-0.39, 0.29) is 10.7 Å². The second-order valence-corrected chi connectivity index (χ2v) is 4.44.